The average Bonchev–Trinajstić information content (AvgIpc) is 3.40. The van der Waals surface area contributed by atoms with E-state index in [-0.39, 0.29) is 17.5 Å². The summed E-state index contributed by atoms with van der Waals surface area (Å²) in [6, 6.07) is 7.94. The van der Waals surface area contributed by atoms with Gasteiger partial charge in [0.15, 0.2) is 6.10 Å². The van der Waals surface area contributed by atoms with Gasteiger partial charge in [0.1, 0.15) is 5.76 Å². The van der Waals surface area contributed by atoms with Crippen LogP contribution in [0.3, 0.4) is 0 Å². The number of nitro benzene ring substituents is 1. The van der Waals surface area contributed by atoms with Crippen molar-refractivity contribution in [1.82, 2.24) is 10.6 Å². The minimum Gasteiger partial charge on any atom is -0.449 e. The van der Waals surface area contributed by atoms with E-state index < -0.39 is 28.9 Å². The second kappa shape index (κ2) is 9.21. The van der Waals surface area contributed by atoms with Crippen molar-refractivity contribution in [2.24, 2.45) is 0 Å². The zero-order valence-electron chi connectivity index (χ0n) is 16.3. The maximum absolute atomic E-state index is 12.2. The lowest BCUT2D eigenvalue weighted by Crippen LogP contribution is -2.47. The molecule has 158 valence electrons. The predicted octanol–water partition coefficient (Wildman–Crippen LogP) is 3.17. The van der Waals surface area contributed by atoms with Crippen LogP contribution in [0.25, 0.3) is 11.3 Å². The molecule has 1 fully saturated rings. The number of ether oxygens (including phenoxy) is 1. The number of furan rings is 1. The molecule has 1 aliphatic carbocycles. The molecule has 1 aliphatic rings. The third kappa shape index (κ3) is 5.22. The van der Waals surface area contributed by atoms with Crippen molar-refractivity contribution < 1.29 is 28.5 Å². The number of nitrogens with zero attached hydrogens (tertiary/aromatic N) is 1. The fraction of sp³-hybridized carbons (Fsp3) is 0.350. The van der Waals surface area contributed by atoms with Crippen LogP contribution in [0.15, 0.2) is 40.8 Å². The Labute approximate surface area is 171 Å². The second-order valence-corrected chi connectivity index (χ2v) is 6.96. The number of hydrogen-bond donors (Lipinski definition) is 2. The Kier molecular flexibility index (Phi) is 6.45. The maximum Gasteiger partial charge on any atom is 0.375 e. The Balaban J connectivity index is 1.54. The molecule has 2 N–H and O–H groups in total. The summed E-state index contributed by atoms with van der Waals surface area (Å²) in [5.74, 6) is -1.45. The molecule has 1 aromatic carbocycles. The van der Waals surface area contributed by atoms with E-state index in [1.165, 1.54) is 43.3 Å². The summed E-state index contributed by atoms with van der Waals surface area (Å²) in [5.41, 5.74) is 0.468. The number of benzene rings is 1. The van der Waals surface area contributed by atoms with E-state index in [1.807, 2.05) is 0 Å². The molecule has 10 heteroatoms. The highest BCUT2D eigenvalue weighted by Crippen LogP contribution is 2.25. The van der Waals surface area contributed by atoms with E-state index >= 15 is 0 Å². The van der Waals surface area contributed by atoms with E-state index in [9.17, 15) is 24.5 Å². The molecule has 10 nitrogen and oxygen atoms in total. The fourth-order valence-electron chi connectivity index (χ4n) is 3.13. The smallest absolute Gasteiger partial charge is 0.375 e. The number of esters is 1. The van der Waals surface area contributed by atoms with Crippen molar-refractivity contribution in [2.45, 2.75) is 44.8 Å². The summed E-state index contributed by atoms with van der Waals surface area (Å²) in [4.78, 5) is 46.3. The van der Waals surface area contributed by atoms with Crippen molar-refractivity contribution >= 4 is 23.6 Å². The molecule has 0 bridgehead atoms. The molecule has 2 aromatic rings. The lowest BCUT2D eigenvalue weighted by molar-refractivity contribution is -0.384. The van der Waals surface area contributed by atoms with Crippen molar-refractivity contribution in [3.05, 3.63) is 52.3 Å². The van der Waals surface area contributed by atoms with E-state index in [0.29, 0.717) is 11.3 Å². The van der Waals surface area contributed by atoms with Crippen LogP contribution in [0, 0.1) is 10.1 Å². The fourth-order valence-corrected chi connectivity index (χ4v) is 3.13. The number of carbonyl (C=O) groups excluding carboxylic acids is 3. The molecule has 0 unspecified atom stereocenters. The normalized spacial score (nSPS) is 14.7. The van der Waals surface area contributed by atoms with Crippen LogP contribution in [-0.4, -0.2) is 35.0 Å². The summed E-state index contributed by atoms with van der Waals surface area (Å²) >= 11 is 0. The first kappa shape index (κ1) is 21.0. The Bertz CT molecular complexity index is 946. The zero-order chi connectivity index (χ0) is 21.7. The number of imide groups is 1. The molecular formula is C20H21N3O7. The first-order valence-corrected chi connectivity index (χ1v) is 9.50. The van der Waals surface area contributed by atoms with Gasteiger partial charge in [-0.25, -0.2) is 9.59 Å². The highest BCUT2D eigenvalue weighted by molar-refractivity contribution is 5.98. The second-order valence-electron chi connectivity index (χ2n) is 6.96. The number of carbonyl (C=O) groups is 3. The van der Waals surface area contributed by atoms with E-state index in [1.54, 1.807) is 0 Å². The highest BCUT2D eigenvalue weighted by atomic mass is 16.6. The van der Waals surface area contributed by atoms with E-state index in [4.69, 9.17) is 9.15 Å². The van der Waals surface area contributed by atoms with Crippen molar-refractivity contribution in [1.29, 1.82) is 0 Å². The molecule has 30 heavy (non-hydrogen) atoms. The first-order chi connectivity index (χ1) is 14.3. The van der Waals surface area contributed by atoms with Crippen LogP contribution in [-0.2, 0) is 9.53 Å². The van der Waals surface area contributed by atoms with Gasteiger partial charge in [0.2, 0.25) is 5.76 Å². The van der Waals surface area contributed by atoms with Gasteiger partial charge in [0.25, 0.3) is 11.6 Å². The highest BCUT2D eigenvalue weighted by Gasteiger charge is 2.24. The van der Waals surface area contributed by atoms with Gasteiger partial charge in [0, 0.05) is 23.7 Å². The molecule has 1 saturated carbocycles. The van der Waals surface area contributed by atoms with E-state index in [0.717, 1.165) is 25.7 Å². The largest absolute Gasteiger partial charge is 0.449 e. The van der Waals surface area contributed by atoms with Crippen LogP contribution < -0.4 is 10.6 Å². The summed E-state index contributed by atoms with van der Waals surface area (Å²) in [7, 11) is 0. The Morgan fingerprint density at radius 2 is 1.80 bits per heavy atom. The van der Waals surface area contributed by atoms with Crippen LogP contribution in [0.5, 0.6) is 0 Å². The van der Waals surface area contributed by atoms with Crippen molar-refractivity contribution in [3.8, 4) is 11.3 Å². The molecule has 3 rings (SSSR count). The zero-order valence-corrected chi connectivity index (χ0v) is 16.3. The van der Waals surface area contributed by atoms with Gasteiger partial charge in [-0.05, 0) is 44.0 Å². The molecule has 1 atom stereocenters. The van der Waals surface area contributed by atoms with Gasteiger partial charge in [0.05, 0.1) is 4.92 Å². The van der Waals surface area contributed by atoms with Crippen molar-refractivity contribution in [3.63, 3.8) is 0 Å². The topological polar surface area (TPSA) is 141 Å². The minimum atomic E-state index is -1.21. The standard InChI is InChI=1S/C20H21N3O7/c1-12(18(24)22-20(26)21-14-4-2-3-5-14)29-19(25)17-11-10-16(30-17)13-6-8-15(9-7-13)23(27)28/h6-12,14H,2-5H2,1H3,(H2,21,22,24,26)/t12-/m1/s1. The molecule has 0 spiro atoms. The molecule has 0 saturated heterocycles. The van der Waals surface area contributed by atoms with Gasteiger partial charge in [-0.3, -0.25) is 20.2 Å². The molecule has 0 aliphatic heterocycles. The Morgan fingerprint density at radius 3 is 2.43 bits per heavy atom. The number of rotatable bonds is 6. The summed E-state index contributed by atoms with van der Waals surface area (Å²) in [6.45, 7) is 1.34. The molecular weight excluding hydrogens is 394 g/mol. The summed E-state index contributed by atoms with van der Waals surface area (Å²) in [5, 5.41) is 15.6. The Morgan fingerprint density at radius 1 is 1.13 bits per heavy atom. The number of urea groups is 1. The number of nitro groups is 1. The first-order valence-electron chi connectivity index (χ1n) is 9.50. The molecule has 1 heterocycles. The summed E-state index contributed by atoms with van der Waals surface area (Å²) < 4.78 is 10.5. The number of non-ortho nitro benzene ring substituents is 1. The van der Waals surface area contributed by atoms with Crippen LogP contribution >= 0.6 is 0 Å². The van der Waals surface area contributed by atoms with Gasteiger partial charge in [-0.2, -0.15) is 0 Å². The third-order valence-corrected chi connectivity index (χ3v) is 4.75. The van der Waals surface area contributed by atoms with Crippen LogP contribution in [0.2, 0.25) is 0 Å². The lowest BCUT2D eigenvalue weighted by atomic mass is 10.1. The van der Waals surface area contributed by atoms with Gasteiger partial charge < -0.3 is 14.5 Å². The monoisotopic (exact) mass is 415 g/mol. The average molecular weight is 415 g/mol. The van der Waals surface area contributed by atoms with Crippen molar-refractivity contribution in [2.75, 3.05) is 0 Å². The number of amides is 3. The minimum absolute atomic E-state index is 0.0524. The molecule has 0 radical (unpaired) electrons. The van der Waals surface area contributed by atoms with Crippen LogP contribution in [0.1, 0.15) is 43.2 Å². The molecule has 1 aromatic heterocycles. The Hall–Kier alpha value is -3.69. The van der Waals surface area contributed by atoms with E-state index in [2.05, 4.69) is 10.6 Å². The van der Waals surface area contributed by atoms with Crippen LogP contribution in [0.4, 0.5) is 10.5 Å². The number of hydrogen-bond acceptors (Lipinski definition) is 7. The maximum atomic E-state index is 12.2. The number of nitrogens with one attached hydrogen (secondary N) is 2. The third-order valence-electron chi connectivity index (χ3n) is 4.75. The van der Waals surface area contributed by atoms with Gasteiger partial charge in [-0.15, -0.1) is 0 Å². The quantitative estimate of drug-likeness (QED) is 0.419. The van der Waals surface area contributed by atoms with Gasteiger partial charge >= 0.3 is 12.0 Å². The van der Waals surface area contributed by atoms with Gasteiger partial charge in [-0.1, -0.05) is 12.8 Å². The predicted molar refractivity (Wildman–Crippen MR) is 105 cm³/mol. The lowest BCUT2D eigenvalue weighted by Gasteiger charge is -2.15. The SMILES string of the molecule is C[C@@H](OC(=O)c1ccc(-c2ccc([N+](=O)[O-])cc2)o1)C(=O)NC(=O)NC1CCCC1. The molecule has 3 amide bonds. The summed E-state index contributed by atoms with van der Waals surface area (Å²) in [6.07, 6.45) is 2.62.